The van der Waals surface area contributed by atoms with Crippen LogP contribution in [0, 0.1) is 0 Å². The highest BCUT2D eigenvalue weighted by Crippen LogP contribution is 2.24. The van der Waals surface area contributed by atoms with Crippen molar-refractivity contribution >= 4 is 11.9 Å². The molecule has 0 saturated carbocycles. The van der Waals surface area contributed by atoms with Crippen LogP contribution in [0.1, 0.15) is 10.4 Å². The largest absolute Gasteiger partial charge is 0.504 e. The molecule has 80 valence electrons. The molecule has 0 aliphatic rings. The topological polar surface area (TPSA) is 104 Å². The molecule has 0 aliphatic heterocycles. The maximum atomic E-state index is 11.1. The summed E-state index contributed by atoms with van der Waals surface area (Å²) in [5.74, 6) is -3.00. The second-order valence-electron chi connectivity index (χ2n) is 2.67. The van der Waals surface area contributed by atoms with Gasteiger partial charge in [-0.15, -0.1) is 0 Å². The molecule has 0 fully saturated rings. The third-order valence-electron chi connectivity index (χ3n) is 1.54. The van der Waals surface area contributed by atoms with Crippen molar-refractivity contribution in [2.75, 3.05) is 6.61 Å². The van der Waals surface area contributed by atoms with Crippen molar-refractivity contribution in [3.05, 3.63) is 23.8 Å². The minimum absolute atomic E-state index is 0.0356. The van der Waals surface area contributed by atoms with Gasteiger partial charge in [-0.3, -0.25) is 0 Å². The lowest BCUT2D eigenvalue weighted by Crippen LogP contribution is -2.12. The van der Waals surface area contributed by atoms with Crippen molar-refractivity contribution < 1.29 is 29.6 Å². The van der Waals surface area contributed by atoms with Gasteiger partial charge in [0.05, 0.1) is 5.56 Å². The van der Waals surface area contributed by atoms with Crippen LogP contribution in [0.15, 0.2) is 18.2 Å². The lowest BCUT2D eigenvalue weighted by Gasteiger charge is -2.03. The number of benzene rings is 1. The molecule has 15 heavy (non-hydrogen) atoms. The molecule has 3 N–H and O–H groups in total. The van der Waals surface area contributed by atoms with Crippen LogP contribution >= 0.6 is 0 Å². The second-order valence-corrected chi connectivity index (χ2v) is 2.67. The molecule has 0 atom stereocenters. The molecule has 0 heterocycles. The van der Waals surface area contributed by atoms with Gasteiger partial charge in [-0.2, -0.15) is 0 Å². The monoisotopic (exact) mass is 212 g/mol. The fourth-order valence-corrected chi connectivity index (χ4v) is 0.861. The van der Waals surface area contributed by atoms with E-state index in [2.05, 4.69) is 4.74 Å². The summed E-state index contributed by atoms with van der Waals surface area (Å²) in [6.45, 7) is -0.750. The molecule has 1 aromatic rings. The number of ether oxygens (including phenoxy) is 1. The van der Waals surface area contributed by atoms with Gasteiger partial charge in [-0.05, 0) is 18.2 Å². The zero-order valence-electron chi connectivity index (χ0n) is 7.51. The van der Waals surface area contributed by atoms with Crippen molar-refractivity contribution in [3.63, 3.8) is 0 Å². The first kappa shape index (κ1) is 10.8. The molecule has 1 rings (SSSR count). The Balaban J connectivity index is 2.74. The van der Waals surface area contributed by atoms with Gasteiger partial charge in [0.2, 0.25) is 0 Å². The van der Waals surface area contributed by atoms with E-state index in [1.165, 1.54) is 6.07 Å². The zero-order valence-corrected chi connectivity index (χ0v) is 7.51. The molecule has 0 amide bonds. The molecular weight excluding hydrogens is 204 g/mol. The van der Waals surface area contributed by atoms with Crippen LogP contribution in [0.5, 0.6) is 11.5 Å². The van der Waals surface area contributed by atoms with Crippen LogP contribution < -0.4 is 0 Å². The molecule has 0 saturated heterocycles. The number of rotatable bonds is 3. The maximum absolute atomic E-state index is 11.1. The Morgan fingerprint density at radius 1 is 1.20 bits per heavy atom. The highest BCUT2D eigenvalue weighted by Gasteiger charge is 2.11. The lowest BCUT2D eigenvalue weighted by atomic mass is 10.2. The Hall–Kier alpha value is -2.24. The Morgan fingerprint density at radius 3 is 2.40 bits per heavy atom. The van der Waals surface area contributed by atoms with Gasteiger partial charge in [0.25, 0.3) is 0 Å². The number of phenolic OH excluding ortho intramolecular Hbond substituents is 2. The Bertz CT molecular complexity index is 398. The summed E-state index contributed by atoms with van der Waals surface area (Å²) in [5.41, 5.74) is -0.0356. The third kappa shape index (κ3) is 2.87. The second kappa shape index (κ2) is 4.32. The normalized spacial score (nSPS) is 9.60. The van der Waals surface area contributed by atoms with Crippen LogP contribution in [0.25, 0.3) is 0 Å². The van der Waals surface area contributed by atoms with E-state index in [0.29, 0.717) is 0 Å². The van der Waals surface area contributed by atoms with Crippen molar-refractivity contribution in [1.29, 1.82) is 0 Å². The van der Waals surface area contributed by atoms with Crippen LogP contribution in [0.3, 0.4) is 0 Å². The summed E-state index contributed by atoms with van der Waals surface area (Å²) in [5, 5.41) is 26.2. The van der Waals surface area contributed by atoms with Gasteiger partial charge in [0.1, 0.15) is 0 Å². The highest BCUT2D eigenvalue weighted by molar-refractivity contribution is 5.91. The summed E-state index contributed by atoms with van der Waals surface area (Å²) < 4.78 is 4.35. The number of esters is 1. The number of phenols is 2. The van der Waals surface area contributed by atoms with E-state index in [1.807, 2.05) is 0 Å². The summed E-state index contributed by atoms with van der Waals surface area (Å²) in [6, 6.07) is 3.30. The fraction of sp³-hybridized carbons (Fsp3) is 0.111. The first-order chi connectivity index (χ1) is 7.00. The minimum Gasteiger partial charge on any atom is -0.504 e. The van der Waals surface area contributed by atoms with Crippen LogP contribution in [0.4, 0.5) is 0 Å². The third-order valence-corrected chi connectivity index (χ3v) is 1.54. The number of aliphatic carboxylic acids is 1. The number of carboxylic acid groups (broad SMARTS) is 1. The zero-order chi connectivity index (χ0) is 11.4. The van der Waals surface area contributed by atoms with Gasteiger partial charge >= 0.3 is 11.9 Å². The minimum atomic E-state index is -1.27. The van der Waals surface area contributed by atoms with E-state index < -0.39 is 24.3 Å². The van der Waals surface area contributed by atoms with E-state index in [9.17, 15) is 9.59 Å². The number of carboxylic acids is 1. The summed E-state index contributed by atoms with van der Waals surface area (Å²) in [4.78, 5) is 21.2. The molecule has 0 aromatic heterocycles. The van der Waals surface area contributed by atoms with Crippen molar-refractivity contribution in [2.45, 2.75) is 0 Å². The average molecular weight is 212 g/mol. The Morgan fingerprint density at radius 2 is 1.87 bits per heavy atom. The molecule has 0 spiro atoms. The molecule has 1 aromatic carbocycles. The molecule has 0 aliphatic carbocycles. The van der Waals surface area contributed by atoms with Crippen LogP contribution in [-0.4, -0.2) is 33.9 Å². The Labute approximate surface area is 84.3 Å². The molecule has 0 unspecified atom stereocenters. The van der Waals surface area contributed by atoms with E-state index in [1.54, 1.807) is 0 Å². The van der Waals surface area contributed by atoms with Crippen molar-refractivity contribution in [1.82, 2.24) is 0 Å². The van der Waals surface area contributed by atoms with Crippen LogP contribution in [-0.2, 0) is 9.53 Å². The summed E-state index contributed by atoms with van der Waals surface area (Å²) in [7, 11) is 0. The summed E-state index contributed by atoms with van der Waals surface area (Å²) in [6.07, 6.45) is 0. The van der Waals surface area contributed by atoms with Gasteiger partial charge in [0, 0.05) is 0 Å². The number of hydrogen-bond acceptors (Lipinski definition) is 5. The first-order valence-electron chi connectivity index (χ1n) is 3.91. The average Bonchev–Trinajstić information content (AvgIpc) is 2.18. The van der Waals surface area contributed by atoms with E-state index in [-0.39, 0.29) is 11.3 Å². The molecular formula is C9H8O6. The van der Waals surface area contributed by atoms with Crippen molar-refractivity contribution in [3.8, 4) is 11.5 Å². The van der Waals surface area contributed by atoms with Gasteiger partial charge in [0.15, 0.2) is 18.1 Å². The van der Waals surface area contributed by atoms with Gasteiger partial charge in [-0.1, -0.05) is 0 Å². The lowest BCUT2D eigenvalue weighted by molar-refractivity contribution is -0.140. The number of hydrogen-bond donors (Lipinski definition) is 3. The van der Waals surface area contributed by atoms with E-state index in [4.69, 9.17) is 15.3 Å². The number of carbonyl (C=O) groups is 2. The predicted octanol–water partition coefficient (Wildman–Crippen LogP) is 0.339. The standard InChI is InChI=1S/C9H8O6/c10-6-2-1-5(3-7(6)11)9(14)15-4-8(12)13/h1-3,10-11H,4H2,(H,12,13). The SMILES string of the molecule is O=C(O)COC(=O)c1ccc(O)c(O)c1. The smallest absolute Gasteiger partial charge is 0.341 e. The molecule has 0 bridgehead atoms. The maximum Gasteiger partial charge on any atom is 0.341 e. The van der Waals surface area contributed by atoms with E-state index >= 15 is 0 Å². The predicted molar refractivity (Wildman–Crippen MR) is 47.7 cm³/mol. The molecule has 6 heteroatoms. The van der Waals surface area contributed by atoms with Gasteiger partial charge < -0.3 is 20.1 Å². The number of carbonyl (C=O) groups excluding carboxylic acids is 1. The van der Waals surface area contributed by atoms with Crippen LogP contribution in [0.2, 0.25) is 0 Å². The fourth-order valence-electron chi connectivity index (χ4n) is 0.861. The first-order valence-corrected chi connectivity index (χ1v) is 3.91. The Kier molecular flexibility index (Phi) is 3.12. The quantitative estimate of drug-likeness (QED) is 0.493. The van der Waals surface area contributed by atoms with Crippen molar-refractivity contribution in [2.24, 2.45) is 0 Å². The van der Waals surface area contributed by atoms with Gasteiger partial charge in [-0.25, -0.2) is 9.59 Å². The van der Waals surface area contributed by atoms with E-state index in [0.717, 1.165) is 12.1 Å². The molecule has 0 radical (unpaired) electrons. The molecule has 6 nitrogen and oxygen atoms in total. The number of aromatic hydroxyl groups is 2. The summed E-state index contributed by atoms with van der Waals surface area (Å²) >= 11 is 0. The highest BCUT2D eigenvalue weighted by atomic mass is 16.5.